The molecule has 1 saturated heterocycles. The summed E-state index contributed by atoms with van der Waals surface area (Å²) >= 11 is 0. The first-order chi connectivity index (χ1) is 20.0. The lowest BCUT2D eigenvalue weighted by Gasteiger charge is -2.31. The fourth-order valence-corrected chi connectivity index (χ4v) is 4.83. The summed E-state index contributed by atoms with van der Waals surface area (Å²) in [5.41, 5.74) is 2.66. The highest BCUT2D eigenvalue weighted by molar-refractivity contribution is 6.04. The smallest absolute Gasteiger partial charge is 0.293 e. The number of benzene rings is 2. The minimum Gasteiger partial charge on any atom is -0.393 e. The Hall–Kier alpha value is -4.57. The molecular formula is C32H35FN6O3. The van der Waals surface area contributed by atoms with Crippen LogP contribution in [0.2, 0.25) is 0 Å². The van der Waals surface area contributed by atoms with Crippen LogP contribution in [0.1, 0.15) is 49.7 Å². The predicted octanol–water partition coefficient (Wildman–Crippen LogP) is 5.24. The molecule has 1 aliphatic rings. The Labute approximate surface area is 244 Å². The average molecular weight is 571 g/mol. The van der Waals surface area contributed by atoms with Crippen molar-refractivity contribution >= 4 is 28.8 Å². The molecule has 42 heavy (non-hydrogen) atoms. The van der Waals surface area contributed by atoms with Crippen molar-refractivity contribution < 1.29 is 14.3 Å². The lowest BCUT2D eigenvalue weighted by atomic mass is 9.91. The van der Waals surface area contributed by atoms with Gasteiger partial charge in [0.2, 0.25) is 0 Å². The number of aliphatic hydroxyl groups is 1. The van der Waals surface area contributed by atoms with Gasteiger partial charge in [-0.3, -0.25) is 14.6 Å². The van der Waals surface area contributed by atoms with E-state index in [1.807, 2.05) is 45.0 Å². The largest absolute Gasteiger partial charge is 0.393 e. The van der Waals surface area contributed by atoms with Gasteiger partial charge in [0.25, 0.3) is 11.5 Å². The Morgan fingerprint density at radius 2 is 1.76 bits per heavy atom. The summed E-state index contributed by atoms with van der Waals surface area (Å²) in [5, 5.41) is 15.5. The average Bonchev–Trinajstić information content (AvgIpc) is 2.97. The molecule has 0 saturated carbocycles. The predicted molar refractivity (Wildman–Crippen MR) is 163 cm³/mol. The second-order valence-corrected chi connectivity index (χ2v) is 11.6. The number of nitrogens with one attached hydrogen (secondary N) is 2. The third kappa shape index (κ3) is 6.33. The van der Waals surface area contributed by atoms with Crippen molar-refractivity contribution in [3.8, 4) is 11.3 Å². The van der Waals surface area contributed by atoms with E-state index in [4.69, 9.17) is 0 Å². The maximum atomic E-state index is 15.7. The number of rotatable bonds is 6. The van der Waals surface area contributed by atoms with Crippen LogP contribution >= 0.6 is 0 Å². The normalized spacial score (nSPS) is 14.1. The molecule has 1 fully saturated rings. The van der Waals surface area contributed by atoms with Crippen molar-refractivity contribution in [2.45, 2.75) is 45.1 Å². The van der Waals surface area contributed by atoms with Crippen LogP contribution in [-0.4, -0.2) is 44.7 Å². The lowest BCUT2D eigenvalue weighted by molar-refractivity contribution is 0.102. The topological polar surface area (TPSA) is 112 Å². The molecule has 5 rings (SSSR count). The second kappa shape index (κ2) is 11.7. The number of nitrogens with zero attached hydrogens (tertiary/aromatic N) is 4. The number of aliphatic hydroxyl groups excluding tert-OH is 1. The van der Waals surface area contributed by atoms with Crippen LogP contribution in [0, 0.1) is 5.82 Å². The van der Waals surface area contributed by atoms with Gasteiger partial charge in [-0.2, -0.15) is 0 Å². The first-order valence-electron chi connectivity index (χ1n) is 13.9. The molecule has 10 heteroatoms. The maximum Gasteiger partial charge on any atom is 0.293 e. The van der Waals surface area contributed by atoms with Gasteiger partial charge in [-0.05, 0) is 61.4 Å². The minimum atomic E-state index is -0.668. The van der Waals surface area contributed by atoms with Crippen LogP contribution in [0.25, 0.3) is 11.3 Å². The molecule has 3 N–H and O–H groups in total. The van der Waals surface area contributed by atoms with Gasteiger partial charge < -0.3 is 25.2 Å². The minimum absolute atomic E-state index is 0.0108. The number of amides is 1. The van der Waals surface area contributed by atoms with E-state index in [0.29, 0.717) is 11.3 Å². The molecule has 1 amide bonds. The van der Waals surface area contributed by atoms with E-state index in [0.717, 1.165) is 37.3 Å². The van der Waals surface area contributed by atoms with Crippen molar-refractivity contribution in [3.63, 3.8) is 0 Å². The van der Waals surface area contributed by atoms with Gasteiger partial charge >= 0.3 is 0 Å². The zero-order valence-corrected chi connectivity index (χ0v) is 24.2. The first kappa shape index (κ1) is 28.9. The van der Waals surface area contributed by atoms with Gasteiger partial charge in [0, 0.05) is 60.6 Å². The van der Waals surface area contributed by atoms with Crippen LogP contribution < -0.4 is 21.1 Å². The number of piperidine rings is 1. The molecule has 218 valence electrons. The first-order valence-corrected chi connectivity index (χ1v) is 13.9. The van der Waals surface area contributed by atoms with Gasteiger partial charge in [0.1, 0.15) is 0 Å². The van der Waals surface area contributed by atoms with E-state index in [2.05, 4.69) is 25.5 Å². The Balaban J connectivity index is 1.36. The molecule has 2 aromatic carbocycles. The van der Waals surface area contributed by atoms with E-state index in [9.17, 15) is 14.7 Å². The second-order valence-electron chi connectivity index (χ2n) is 11.6. The number of carbonyl (C=O) groups excluding carboxylic acids is 1. The molecular weight excluding hydrogens is 535 g/mol. The Bertz CT molecular complexity index is 1640. The van der Waals surface area contributed by atoms with Crippen molar-refractivity contribution in [3.05, 3.63) is 94.4 Å². The lowest BCUT2D eigenvalue weighted by Crippen LogP contribution is -2.35. The number of anilines is 4. The molecule has 4 aromatic rings. The summed E-state index contributed by atoms with van der Waals surface area (Å²) in [4.78, 5) is 36.8. The van der Waals surface area contributed by atoms with Crippen molar-refractivity contribution in [2.75, 3.05) is 28.6 Å². The Morgan fingerprint density at radius 1 is 1.05 bits per heavy atom. The number of hydrogen-bond donors (Lipinski definition) is 3. The van der Waals surface area contributed by atoms with E-state index in [1.165, 1.54) is 23.0 Å². The van der Waals surface area contributed by atoms with Gasteiger partial charge in [0.15, 0.2) is 11.6 Å². The zero-order chi connectivity index (χ0) is 30.0. The fraction of sp³-hybridized carbons (Fsp3) is 0.312. The number of pyridine rings is 1. The van der Waals surface area contributed by atoms with Crippen molar-refractivity contribution in [2.24, 2.45) is 7.05 Å². The third-order valence-corrected chi connectivity index (χ3v) is 7.35. The summed E-state index contributed by atoms with van der Waals surface area (Å²) in [5.74, 6) is -1.11. The number of carbonyl (C=O) groups is 1. The number of aromatic nitrogens is 3. The summed E-state index contributed by atoms with van der Waals surface area (Å²) in [6.07, 6.45) is 4.15. The fourth-order valence-electron chi connectivity index (χ4n) is 4.83. The van der Waals surface area contributed by atoms with E-state index >= 15 is 4.39 Å². The molecule has 0 radical (unpaired) electrons. The number of hydrogen-bond acceptors (Lipinski definition) is 7. The Morgan fingerprint density at radius 3 is 2.40 bits per heavy atom. The summed E-state index contributed by atoms with van der Waals surface area (Å²) in [6, 6.07) is 15.7. The molecule has 0 aliphatic carbocycles. The van der Waals surface area contributed by atoms with Gasteiger partial charge in [0.05, 0.1) is 23.0 Å². The van der Waals surface area contributed by atoms with Gasteiger partial charge in [-0.25, -0.2) is 9.37 Å². The summed E-state index contributed by atoms with van der Waals surface area (Å²) in [6.45, 7) is 7.66. The highest BCUT2D eigenvalue weighted by atomic mass is 19.1. The molecule has 0 atom stereocenters. The maximum absolute atomic E-state index is 15.7. The van der Waals surface area contributed by atoms with Crippen LogP contribution in [0.15, 0.2) is 71.8 Å². The third-order valence-electron chi connectivity index (χ3n) is 7.35. The quantitative estimate of drug-likeness (QED) is 0.291. The highest BCUT2D eigenvalue weighted by Crippen LogP contribution is 2.28. The van der Waals surface area contributed by atoms with E-state index in [1.54, 1.807) is 31.3 Å². The molecule has 9 nitrogen and oxygen atoms in total. The summed E-state index contributed by atoms with van der Waals surface area (Å²) < 4.78 is 17.0. The van der Waals surface area contributed by atoms with Crippen LogP contribution in [0.5, 0.6) is 0 Å². The van der Waals surface area contributed by atoms with Crippen molar-refractivity contribution in [1.29, 1.82) is 0 Å². The molecule has 0 bridgehead atoms. The SMILES string of the molecule is Cn1cc(-c2cccc(NC(=O)c3ccc(C(C)(C)C)nc3)c2F)nc(Nc2ccc(N3CCC(O)CC3)cc2)c1=O. The molecule has 0 unspecified atom stereocenters. The highest BCUT2D eigenvalue weighted by Gasteiger charge is 2.20. The van der Waals surface area contributed by atoms with Gasteiger partial charge in [-0.1, -0.05) is 26.8 Å². The van der Waals surface area contributed by atoms with Crippen molar-refractivity contribution in [1.82, 2.24) is 14.5 Å². The van der Waals surface area contributed by atoms with E-state index in [-0.39, 0.29) is 39.8 Å². The standard InChI is InChI=1S/C32H35FN6O3/c1-32(2,3)27-13-8-20(18-34-27)30(41)37-25-7-5-6-24(28(25)33)26-19-38(4)31(42)29(36-26)35-21-9-11-22(12-10-21)39-16-14-23(40)15-17-39/h5-13,18-19,23,40H,14-17H2,1-4H3,(H,35,36)(H,37,41). The number of halogens is 1. The molecule has 3 heterocycles. The van der Waals surface area contributed by atoms with Crippen LogP contribution in [0.4, 0.5) is 27.3 Å². The Kier molecular flexibility index (Phi) is 8.08. The molecule has 1 aliphatic heterocycles. The van der Waals surface area contributed by atoms with E-state index < -0.39 is 11.7 Å². The number of aryl methyl sites for hydroxylation is 1. The summed E-state index contributed by atoms with van der Waals surface area (Å²) in [7, 11) is 1.57. The molecule has 2 aromatic heterocycles. The molecule has 0 spiro atoms. The van der Waals surface area contributed by atoms with Gasteiger partial charge in [-0.15, -0.1) is 0 Å². The monoisotopic (exact) mass is 570 g/mol. The van der Waals surface area contributed by atoms with Crippen LogP contribution in [-0.2, 0) is 12.5 Å². The van der Waals surface area contributed by atoms with Crippen LogP contribution in [0.3, 0.4) is 0 Å². The zero-order valence-electron chi connectivity index (χ0n) is 24.2.